The average molecular weight is 411 g/mol. The van der Waals surface area contributed by atoms with Crippen molar-refractivity contribution in [2.45, 2.75) is 19.6 Å². The number of pyridine rings is 1. The molecular weight excluding hydrogens is 395 g/mol. The summed E-state index contributed by atoms with van der Waals surface area (Å²) < 4.78 is 40.1. The number of amides is 1. The van der Waals surface area contributed by atoms with Gasteiger partial charge in [0.15, 0.2) is 5.69 Å². The van der Waals surface area contributed by atoms with E-state index in [9.17, 15) is 18.0 Å². The first-order chi connectivity index (χ1) is 14.3. The summed E-state index contributed by atoms with van der Waals surface area (Å²) in [6.07, 6.45) is -0.0468. The van der Waals surface area contributed by atoms with Gasteiger partial charge in [0, 0.05) is 30.5 Å². The lowest BCUT2D eigenvalue weighted by atomic mass is 10.1. The summed E-state index contributed by atoms with van der Waals surface area (Å²) in [7, 11) is 0. The van der Waals surface area contributed by atoms with Gasteiger partial charge in [0.1, 0.15) is 5.69 Å². The van der Waals surface area contributed by atoms with Crippen LogP contribution >= 0.6 is 0 Å². The predicted octanol–water partition coefficient (Wildman–Crippen LogP) is 4.45. The molecule has 0 aliphatic rings. The number of hydrogen-bond donors (Lipinski definition) is 1. The summed E-state index contributed by atoms with van der Waals surface area (Å²) in [5.41, 5.74) is 2.26. The number of carbonyl (C=O) groups is 1. The van der Waals surface area contributed by atoms with Crippen LogP contribution in [-0.2, 0) is 12.7 Å². The fourth-order valence-electron chi connectivity index (χ4n) is 3.13. The fourth-order valence-corrected chi connectivity index (χ4v) is 3.13. The van der Waals surface area contributed by atoms with Gasteiger partial charge in [-0.25, -0.2) is 0 Å². The Balaban J connectivity index is 1.66. The molecule has 0 saturated carbocycles. The molecule has 0 bridgehead atoms. The highest BCUT2D eigenvalue weighted by molar-refractivity contribution is 6.08. The van der Waals surface area contributed by atoms with Gasteiger partial charge in [-0.05, 0) is 42.8 Å². The molecule has 4 aromatic rings. The topological polar surface area (TPSA) is 72.7 Å². The van der Waals surface area contributed by atoms with Gasteiger partial charge in [-0.2, -0.15) is 18.3 Å². The predicted molar refractivity (Wildman–Crippen MR) is 105 cm³/mol. The maximum absolute atomic E-state index is 12.7. The number of hydrogen-bond acceptors (Lipinski definition) is 4. The molecule has 0 unspecified atom stereocenters. The summed E-state index contributed by atoms with van der Waals surface area (Å²) in [6, 6.07) is 11.3. The highest BCUT2D eigenvalue weighted by atomic mass is 19.4. The second-order valence-corrected chi connectivity index (χ2v) is 6.80. The summed E-state index contributed by atoms with van der Waals surface area (Å²) in [5, 5.41) is 11.2. The van der Waals surface area contributed by atoms with E-state index in [1.54, 1.807) is 18.3 Å². The Bertz CT molecular complexity index is 1200. The normalized spacial score (nSPS) is 11.6. The Labute approximate surface area is 169 Å². The standard InChI is InChI=1S/C21H16F3N5O/c1-13-4-6-18-15(9-13)17(27-20(30)16-3-2-8-26-28-16)12-29(18)11-14-5-7-19(25-10-14)21(22,23)24/h2-10,12H,11H2,1H3,(H,27,30). The van der Waals surface area contributed by atoms with Gasteiger partial charge < -0.3 is 9.88 Å². The van der Waals surface area contributed by atoms with E-state index in [-0.39, 0.29) is 5.69 Å². The molecule has 30 heavy (non-hydrogen) atoms. The second-order valence-electron chi connectivity index (χ2n) is 6.80. The van der Waals surface area contributed by atoms with Crippen LogP contribution in [0.5, 0.6) is 0 Å². The molecule has 9 heteroatoms. The molecule has 1 N–H and O–H groups in total. The number of rotatable bonds is 4. The average Bonchev–Trinajstić information content (AvgIpc) is 3.04. The third-order valence-electron chi connectivity index (χ3n) is 4.56. The van der Waals surface area contributed by atoms with Gasteiger partial charge in [-0.3, -0.25) is 9.78 Å². The zero-order valence-electron chi connectivity index (χ0n) is 15.8. The summed E-state index contributed by atoms with van der Waals surface area (Å²) in [4.78, 5) is 16.0. The smallest absolute Gasteiger partial charge is 0.341 e. The lowest BCUT2D eigenvalue weighted by Crippen LogP contribution is -2.13. The van der Waals surface area contributed by atoms with Crippen LogP contribution in [0.1, 0.15) is 27.3 Å². The number of benzene rings is 1. The molecule has 4 rings (SSSR count). The fraction of sp³-hybridized carbons (Fsp3) is 0.143. The molecule has 0 atom stereocenters. The van der Waals surface area contributed by atoms with Crippen molar-refractivity contribution in [1.82, 2.24) is 19.7 Å². The number of halogens is 3. The highest BCUT2D eigenvalue weighted by Crippen LogP contribution is 2.30. The number of fused-ring (bicyclic) bond motifs is 1. The van der Waals surface area contributed by atoms with Gasteiger partial charge in [-0.15, -0.1) is 5.10 Å². The van der Waals surface area contributed by atoms with Crippen LogP contribution in [0.15, 0.2) is 61.1 Å². The molecule has 3 aromatic heterocycles. The molecule has 152 valence electrons. The minimum absolute atomic E-state index is 0.179. The van der Waals surface area contributed by atoms with Gasteiger partial charge in [0.25, 0.3) is 5.91 Å². The lowest BCUT2D eigenvalue weighted by Gasteiger charge is -2.08. The molecule has 0 aliphatic carbocycles. The minimum atomic E-state index is -4.48. The SMILES string of the molecule is Cc1ccc2c(c1)c(NC(=O)c1cccnn1)cn2Cc1ccc(C(F)(F)F)nc1. The van der Waals surface area contributed by atoms with Gasteiger partial charge in [-0.1, -0.05) is 17.7 Å². The maximum atomic E-state index is 12.7. The molecule has 6 nitrogen and oxygen atoms in total. The molecule has 1 aromatic carbocycles. The van der Waals surface area contributed by atoms with Gasteiger partial charge >= 0.3 is 6.18 Å². The van der Waals surface area contributed by atoms with Crippen LogP contribution in [0.2, 0.25) is 0 Å². The largest absolute Gasteiger partial charge is 0.433 e. The number of aryl methyl sites for hydroxylation is 1. The highest BCUT2D eigenvalue weighted by Gasteiger charge is 2.32. The van der Waals surface area contributed by atoms with Crippen LogP contribution in [0.3, 0.4) is 0 Å². The van der Waals surface area contributed by atoms with Crippen molar-refractivity contribution in [2.24, 2.45) is 0 Å². The summed E-state index contributed by atoms with van der Waals surface area (Å²) in [5.74, 6) is -0.403. The van der Waals surface area contributed by atoms with Crippen molar-refractivity contribution >= 4 is 22.5 Å². The summed E-state index contributed by atoms with van der Waals surface area (Å²) >= 11 is 0. The van der Waals surface area contributed by atoms with Crippen molar-refractivity contribution in [3.8, 4) is 0 Å². The number of nitrogens with one attached hydrogen (secondary N) is 1. The van der Waals surface area contributed by atoms with E-state index in [4.69, 9.17) is 0 Å². The Morgan fingerprint density at radius 1 is 1.17 bits per heavy atom. The third kappa shape index (κ3) is 4.00. The maximum Gasteiger partial charge on any atom is 0.433 e. The molecule has 0 aliphatic heterocycles. The molecule has 3 heterocycles. The van der Waals surface area contributed by atoms with Gasteiger partial charge in [0.2, 0.25) is 0 Å². The van der Waals surface area contributed by atoms with Crippen LogP contribution in [0.25, 0.3) is 10.9 Å². The van der Waals surface area contributed by atoms with Gasteiger partial charge in [0.05, 0.1) is 11.2 Å². The Morgan fingerprint density at radius 2 is 2.00 bits per heavy atom. The van der Waals surface area contributed by atoms with Crippen molar-refractivity contribution in [2.75, 3.05) is 5.32 Å². The first-order valence-electron chi connectivity index (χ1n) is 9.02. The van der Waals surface area contributed by atoms with Crippen molar-refractivity contribution in [3.63, 3.8) is 0 Å². The monoisotopic (exact) mass is 411 g/mol. The van der Waals surface area contributed by atoms with E-state index in [0.29, 0.717) is 17.8 Å². The Morgan fingerprint density at radius 3 is 2.67 bits per heavy atom. The van der Waals surface area contributed by atoms with E-state index < -0.39 is 17.8 Å². The summed E-state index contributed by atoms with van der Waals surface area (Å²) in [6.45, 7) is 2.23. The van der Waals surface area contributed by atoms with E-state index in [2.05, 4.69) is 20.5 Å². The van der Waals surface area contributed by atoms with E-state index in [0.717, 1.165) is 22.5 Å². The van der Waals surface area contributed by atoms with Crippen molar-refractivity contribution < 1.29 is 18.0 Å². The van der Waals surface area contributed by atoms with E-state index in [1.165, 1.54) is 18.5 Å². The lowest BCUT2D eigenvalue weighted by molar-refractivity contribution is -0.141. The first kappa shape index (κ1) is 19.6. The zero-order chi connectivity index (χ0) is 21.3. The molecular formula is C21H16F3N5O. The van der Waals surface area contributed by atoms with E-state index in [1.807, 2.05) is 29.7 Å². The molecule has 1 amide bonds. The van der Waals surface area contributed by atoms with Crippen molar-refractivity contribution in [3.05, 3.63) is 83.6 Å². The Hall–Kier alpha value is -3.75. The minimum Gasteiger partial charge on any atom is -0.341 e. The number of nitrogens with zero attached hydrogens (tertiary/aromatic N) is 4. The quantitative estimate of drug-likeness (QED) is 0.538. The van der Waals surface area contributed by atoms with Crippen molar-refractivity contribution in [1.29, 1.82) is 0 Å². The first-order valence-corrected chi connectivity index (χ1v) is 9.02. The number of alkyl halides is 3. The molecule has 0 spiro atoms. The van der Waals surface area contributed by atoms with Crippen LogP contribution in [0.4, 0.5) is 18.9 Å². The third-order valence-corrected chi connectivity index (χ3v) is 4.56. The Kier molecular flexibility index (Phi) is 4.94. The zero-order valence-corrected chi connectivity index (χ0v) is 15.8. The van der Waals surface area contributed by atoms with Crippen LogP contribution in [0, 0.1) is 6.92 Å². The molecule has 0 fully saturated rings. The number of carbonyl (C=O) groups excluding carboxylic acids is 1. The van der Waals surface area contributed by atoms with E-state index >= 15 is 0 Å². The second kappa shape index (κ2) is 7.58. The number of anilines is 1. The number of aromatic nitrogens is 4. The molecule has 0 saturated heterocycles. The van der Waals surface area contributed by atoms with Crippen LogP contribution in [-0.4, -0.2) is 25.7 Å². The molecule has 0 radical (unpaired) electrons. The van der Waals surface area contributed by atoms with Crippen LogP contribution < -0.4 is 5.32 Å².